The number of carboxylic acid groups (broad SMARTS) is 1. The maximum Gasteiger partial charge on any atom is 0.309 e. The van der Waals surface area contributed by atoms with Gasteiger partial charge in [-0.15, -0.1) is 0 Å². The number of amides is 1. The molecule has 5 saturated carbocycles. The lowest BCUT2D eigenvalue weighted by Crippen LogP contribution is -2.66. The Kier molecular flexibility index (Phi) is 10.3. The van der Waals surface area contributed by atoms with E-state index in [1.807, 2.05) is 24.3 Å². The molecule has 5 fully saturated rings. The largest absolute Gasteiger partial charge is 0.497 e. The molecule has 7 heteroatoms. The van der Waals surface area contributed by atoms with Gasteiger partial charge >= 0.3 is 11.9 Å². The molecule has 0 aromatic heterocycles. The fraction of sp³-hybridized carbons (Fsp3) is 0.756. The van der Waals surface area contributed by atoms with Crippen LogP contribution in [0, 0.1) is 68.5 Å². The summed E-state index contributed by atoms with van der Waals surface area (Å²) in [6.07, 6.45) is 10.4. The summed E-state index contributed by atoms with van der Waals surface area (Å²) in [7, 11) is 1.67. The summed E-state index contributed by atoms with van der Waals surface area (Å²) >= 11 is 0. The van der Waals surface area contributed by atoms with Crippen molar-refractivity contribution in [1.29, 1.82) is 0 Å². The van der Waals surface area contributed by atoms with E-state index in [1.54, 1.807) is 21.0 Å². The van der Waals surface area contributed by atoms with Gasteiger partial charge < -0.3 is 19.9 Å². The number of nitrogens with one attached hydrogen (secondary N) is 1. The van der Waals surface area contributed by atoms with E-state index in [2.05, 4.69) is 53.4 Å². The minimum atomic E-state index is -1.14. The molecule has 1 aromatic rings. The number of carbonyl (C=O) groups excluding carboxylic acids is 2. The average molecular weight is 718 g/mol. The molecule has 5 aliphatic rings. The zero-order valence-electron chi connectivity index (χ0n) is 33.6. The lowest BCUT2D eigenvalue weighted by atomic mass is 9.33. The first-order valence-electron chi connectivity index (χ1n) is 20.3. The molecule has 5 aliphatic carbocycles. The average Bonchev–Trinajstić information content (AvgIpc) is 3.43. The lowest BCUT2D eigenvalue weighted by Gasteiger charge is -2.72. The van der Waals surface area contributed by atoms with Gasteiger partial charge in [-0.05, 0) is 154 Å². The number of fused-ring (bicyclic) bond motifs is 7. The zero-order valence-corrected chi connectivity index (χ0v) is 33.6. The summed E-state index contributed by atoms with van der Waals surface area (Å²) in [5.74, 6) is 3.25. The second kappa shape index (κ2) is 13.8. The van der Waals surface area contributed by atoms with Crippen LogP contribution in [0.1, 0.15) is 132 Å². The summed E-state index contributed by atoms with van der Waals surface area (Å²) in [5.41, 5.74) is 1.60. The van der Waals surface area contributed by atoms with Crippen LogP contribution >= 0.6 is 0 Å². The molecular weight excluding hydrogens is 650 g/mol. The van der Waals surface area contributed by atoms with Gasteiger partial charge in [0, 0.05) is 18.4 Å². The Bertz CT molecular complexity index is 1560. The van der Waals surface area contributed by atoms with Crippen LogP contribution in [0.5, 0.6) is 5.75 Å². The number of esters is 1. The monoisotopic (exact) mass is 717 g/mol. The van der Waals surface area contributed by atoms with Gasteiger partial charge in [-0.3, -0.25) is 14.4 Å². The van der Waals surface area contributed by atoms with Crippen LogP contribution in [-0.2, 0) is 25.7 Å². The maximum absolute atomic E-state index is 13.4. The van der Waals surface area contributed by atoms with E-state index in [9.17, 15) is 19.5 Å². The van der Waals surface area contributed by atoms with Crippen LogP contribution < -0.4 is 10.1 Å². The molecule has 6 rings (SSSR count). The number of carbonyl (C=O) groups is 3. The molecule has 7 nitrogen and oxygen atoms in total. The minimum Gasteiger partial charge on any atom is -0.497 e. The van der Waals surface area contributed by atoms with Gasteiger partial charge in [-0.1, -0.05) is 58.9 Å². The lowest BCUT2D eigenvalue weighted by molar-refractivity contribution is -0.245. The van der Waals surface area contributed by atoms with Crippen LogP contribution in [0.4, 0.5) is 0 Å². The number of allylic oxidation sites excluding steroid dienone is 1. The summed E-state index contributed by atoms with van der Waals surface area (Å²) < 4.78 is 11.6. The highest BCUT2D eigenvalue weighted by molar-refractivity contribution is 5.81. The van der Waals surface area contributed by atoms with Crippen molar-refractivity contribution >= 4 is 17.8 Å². The van der Waals surface area contributed by atoms with Gasteiger partial charge in [0.05, 0.1) is 18.9 Å². The molecule has 52 heavy (non-hydrogen) atoms. The Morgan fingerprint density at radius 3 is 2.35 bits per heavy atom. The van der Waals surface area contributed by atoms with E-state index in [4.69, 9.17) is 9.47 Å². The third-order valence-corrected chi connectivity index (χ3v) is 16.6. The van der Waals surface area contributed by atoms with Gasteiger partial charge in [0.1, 0.15) is 11.9 Å². The molecule has 11 atom stereocenters. The first kappa shape index (κ1) is 38.9. The molecule has 1 unspecified atom stereocenters. The van der Waals surface area contributed by atoms with Crippen LogP contribution in [0.15, 0.2) is 36.4 Å². The number of hydrogen-bond donors (Lipinski definition) is 2. The third kappa shape index (κ3) is 6.42. The van der Waals surface area contributed by atoms with Gasteiger partial charge in [0.15, 0.2) is 0 Å². The number of carboxylic acids is 1. The van der Waals surface area contributed by atoms with Crippen molar-refractivity contribution in [3.05, 3.63) is 42.0 Å². The Hall–Kier alpha value is -2.83. The highest BCUT2D eigenvalue weighted by Crippen LogP contribution is 2.76. The van der Waals surface area contributed by atoms with Crippen LogP contribution in [-0.4, -0.2) is 36.2 Å². The Morgan fingerprint density at radius 2 is 1.67 bits per heavy atom. The van der Waals surface area contributed by atoms with Crippen molar-refractivity contribution in [3.8, 4) is 5.75 Å². The predicted molar refractivity (Wildman–Crippen MR) is 204 cm³/mol. The van der Waals surface area contributed by atoms with Crippen LogP contribution in [0.3, 0.4) is 0 Å². The molecule has 0 aliphatic heterocycles. The van der Waals surface area contributed by atoms with Gasteiger partial charge in [-0.2, -0.15) is 0 Å². The van der Waals surface area contributed by atoms with Gasteiger partial charge in [0.2, 0.25) is 5.91 Å². The SMILES string of the molecule is C=C(C)[C@@H]1C[C@@H](CC(=O)NCc2cccc(OC)c2)C2CC[C@]3(C)[C@H](CC[C@@H]4[C@@]5(C)CC[C@H](OC(=O)CC(C)(C)C(=O)O)C(C)(C)[C@@H]5CC[C@]43C)[C@H]21. The normalized spacial score (nSPS) is 39.2. The van der Waals surface area contributed by atoms with Crippen LogP contribution in [0.25, 0.3) is 0 Å². The number of hydrogen-bond acceptors (Lipinski definition) is 5. The smallest absolute Gasteiger partial charge is 0.309 e. The number of rotatable bonds is 10. The van der Waals surface area contributed by atoms with Crippen molar-refractivity contribution < 1.29 is 29.0 Å². The number of aliphatic carboxylic acids is 1. The fourth-order valence-electron chi connectivity index (χ4n) is 13.7. The highest BCUT2D eigenvalue weighted by Gasteiger charge is 2.70. The first-order valence-corrected chi connectivity index (χ1v) is 20.3. The summed E-state index contributed by atoms with van der Waals surface area (Å²) in [4.78, 5) is 38.2. The van der Waals surface area contributed by atoms with Gasteiger partial charge in [0.25, 0.3) is 0 Å². The van der Waals surface area contributed by atoms with E-state index in [0.717, 1.165) is 37.0 Å². The summed E-state index contributed by atoms with van der Waals surface area (Å²) in [6.45, 7) is 23.0. The quantitative estimate of drug-likeness (QED) is 0.185. The van der Waals surface area contributed by atoms with E-state index < -0.39 is 17.4 Å². The summed E-state index contributed by atoms with van der Waals surface area (Å²) in [6, 6.07) is 7.92. The summed E-state index contributed by atoms with van der Waals surface area (Å²) in [5, 5.41) is 12.8. The van der Waals surface area contributed by atoms with Crippen molar-refractivity contribution in [2.24, 2.45) is 68.5 Å². The van der Waals surface area contributed by atoms with E-state index >= 15 is 0 Å². The van der Waals surface area contributed by atoms with E-state index in [1.165, 1.54) is 37.7 Å². The fourth-order valence-corrected chi connectivity index (χ4v) is 13.7. The Labute approximate surface area is 313 Å². The molecule has 0 saturated heterocycles. The van der Waals surface area contributed by atoms with E-state index in [-0.39, 0.29) is 40.1 Å². The second-order valence-corrected chi connectivity index (χ2v) is 19.9. The topological polar surface area (TPSA) is 102 Å². The van der Waals surface area contributed by atoms with Crippen molar-refractivity contribution in [2.75, 3.05) is 7.11 Å². The third-order valence-electron chi connectivity index (χ3n) is 16.6. The molecule has 0 heterocycles. The Morgan fingerprint density at radius 1 is 0.962 bits per heavy atom. The highest BCUT2D eigenvalue weighted by atomic mass is 16.5. The molecule has 0 spiro atoms. The molecule has 1 amide bonds. The number of ether oxygens (including phenoxy) is 2. The van der Waals surface area contributed by atoms with Crippen molar-refractivity contribution in [1.82, 2.24) is 5.32 Å². The number of methoxy groups -OCH3 is 1. The maximum atomic E-state index is 13.4. The molecule has 0 radical (unpaired) electrons. The minimum absolute atomic E-state index is 0.112. The van der Waals surface area contributed by atoms with E-state index in [0.29, 0.717) is 54.4 Å². The van der Waals surface area contributed by atoms with Crippen molar-refractivity contribution in [3.63, 3.8) is 0 Å². The predicted octanol–water partition coefficient (Wildman–Crippen LogP) is 9.63. The zero-order chi connectivity index (χ0) is 38.0. The first-order chi connectivity index (χ1) is 24.3. The van der Waals surface area contributed by atoms with Crippen molar-refractivity contribution in [2.45, 2.75) is 139 Å². The van der Waals surface area contributed by atoms with Gasteiger partial charge in [-0.25, -0.2) is 0 Å². The molecule has 0 bridgehead atoms. The van der Waals surface area contributed by atoms with Crippen LogP contribution in [0.2, 0.25) is 0 Å². The second-order valence-electron chi connectivity index (χ2n) is 19.9. The molecular formula is C45H67NO6. The molecule has 288 valence electrons. The molecule has 2 N–H and O–H groups in total. The number of benzene rings is 1. The Balaban J connectivity index is 1.17. The standard InChI is InChI=1S/C45H67NO6/c1-27(2)32-23-29(24-37(47)46-26-28-12-11-13-30(22-28)51-10)31-16-20-44(8)33(39(31)32)14-15-35-43(7)19-18-36(52-38(48)25-41(3,4)40(49)50)42(5,6)34(43)17-21-45(35,44)9/h11-13,22,29,31-36,39H,1,14-21,23-26H2,2-10H3,(H,46,47)(H,49,50)/t29-,31?,32-,33+,34-,35+,36-,39+,43-,44+,45+/m0/s1. The molecule has 1 aromatic carbocycles.